The summed E-state index contributed by atoms with van der Waals surface area (Å²) in [6, 6.07) is 0. The highest BCUT2D eigenvalue weighted by Gasteiger charge is 2.24. The molecule has 0 fully saturated rings. The Morgan fingerprint density at radius 1 is 1.22 bits per heavy atom. The highest BCUT2D eigenvalue weighted by Crippen LogP contribution is 2.41. The Hall–Kier alpha value is -1.79. The molecule has 0 atom stereocenters. The molecule has 3 heterocycles. The van der Waals surface area contributed by atoms with Crippen molar-refractivity contribution < 1.29 is 4.74 Å². The number of nitrogens with zero attached hydrogens (tertiary/aromatic N) is 3. The highest BCUT2D eigenvalue weighted by atomic mass is 32.1. The Labute approximate surface area is 164 Å². The topological polar surface area (TPSA) is 59.9 Å². The molecule has 6 heteroatoms. The van der Waals surface area contributed by atoms with Gasteiger partial charge in [0.1, 0.15) is 17.0 Å². The first-order valence-corrected chi connectivity index (χ1v) is 10.9. The normalized spacial score (nSPS) is 13.8. The van der Waals surface area contributed by atoms with E-state index in [0.29, 0.717) is 5.92 Å². The van der Waals surface area contributed by atoms with Gasteiger partial charge in [-0.2, -0.15) is 0 Å². The first-order chi connectivity index (χ1) is 13.2. The summed E-state index contributed by atoms with van der Waals surface area (Å²) in [5.41, 5.74) is 5.35. The fourth-order valence-electron chi connectivity index (χ4n) is 3.98. The van der Waals surface area contributed by atoms with Crippen molar-refractivity contribution in [2.75, 3.05) is 25.1 Å². The van der Waals surface area contributed by atoms with Crippen LogP contribution in [0.5, 0.6) is 0 Å². The maximum absolute atomic E-state index is 5.42. The van der Waals surface area contributed by atoms with Gasteiger partial charge in [-0.1, -0.05) is 13.8 Å². The fraction of sp³-hybridized carbons (Fsp3) is 0.571. The summed E-state index contributed by atoms with van der Waals surface area (Å²) >= 11 is 1.73. The third-order valence-electron chi connectivity index (χ3n) is 5.12. The summed E-state index contributed by atoms with van der Waals surface area (Å²) in [6.45, 7) is 8.96. The Morgan fingerprint density at radius 3 is 2.89 bits per heavy atom. The zero-order chi connectivity index (χ0) is 18.8. The van der Waals surface area contributed by atoms with E-state index in [-0.39, 0.29) is 0 Å². The number of anilines is 1. The number of nitrogens with one attached hydrogen (secondary N) is 1. The molecule has 144 valence electrons. The van der Waals surface area contributed by atoms with Crippen LogP contribution in [-0.4, -0.2) is 34.7 Å². The van der Waals surface area contributed by atoms with Crippen molar-refractivity contribution in [1.29, 1.82) is 0 Å². The van der Waals surface area contributed by atoms with Crippen LogP contribution >= 0.6 is 11.3 Å². The van der Waals surface area contributed by atoms with E-state index in [1.807, 2.05) is 6.92 Å². The zero-order valence-electron chi connectivity index (χ0n) is 16.5. The SMILES string of the molecule is CCOCCCNc1ncnc2c1sc1nc(CC(C)C)c3c(c12)CCC3. The molecular formula is C21H28N4OS. The van der Waals surface area contributed by atoms with E-state index in [1.165, 1.54) is 28.6 Å². The summed E-state index contributed by atoms with van der Waals surface area (Å²) in [7, 11) is 0. The molecule has 0 aromatic carbocycles. The largest absolute Gasteiger partial charge is 0.382 e. The molecule has 0 unspecified atom stereocenters. The van der Waals surface area contributed by atoms with Gasteiger partial charge in [0.05, 0.1) is 10.2 Å². The Bertz CT molecular complexity index is 950. The minimum absolute atomic E-state index is 0.622. The van der Waals surface area contributed by atoms with Gasteiger partial charge in [-0.05, 0) is 56.1 Å². The van der Waals surface area contributed by atoms with Crippen LogP contribution in [-0.2, 0) is 24.0 Å². The van der Waals surface area contributed by atoms with E-state index in [1.54, 1.807) is 17.7 Å². The second-order valence-electron chi connectivity index (χ2n) is 7.63. The average Bonchev–Trinajstić information content (AvgIpc) is 3.25. The number of fused-ring (bicyclic) bond motifs is 5. The highest BCUT2D eigenvalue weighted by molar-refractivity contribution is 7.26. The molecule has 1 aliphatic rings. The average molecular weight is 385 g/mol. The molecule has 3 aromatic rings. The monoisotopic (exact) mass is 384 g/mol. The van der Waals surface area contributed by atoms with Crippen molar-refractivity contribution in [1.82, 2.24) is 15.0 Å². The molecule has 4 rings (SSSR count). The number of thiophene rings is 1. The molecular weight excluding hydrogens is 356 g/mol. The first-order valence-electron chi connectivity index (χ1n) is 10.1. The number of aromatic nitrogens is 3. The predicted octanol–water partition coefficient (Wildman–Crippen LogP) is 4.77. The lowest BCUT2D eigenvalue weighted by Crippen LogP contribution is -2.07. The van der Waals surface area contributed by atoms with E-state index in [2.05, 4.69) is 29.1 Å². The molecule has 0 radical (unpaired) electrons. The van der Waals surface area contributed by atoms with Gasteiger partial charge in [-0.25, -0.2) is 15.0 Å². The second-order valence-corrected chi connectivity index (χ2v) is 8.63. The number of ether oxygens (including phenoxy) is 1. The van der Waals surface area contributed by atoms with E-state index in [0.717, 1.165) is 66.3 Å². The molecule has 0 amide bonds. The number of hydrogen-bond donors (Lipinski definition) is 1. The lowest BCUT2D eigenvalue weighted by molar-refractivity contribution is 0.147. The third kappa shape index (κ3) is 3.65. The van der Waals surface area contributed by atoms with E-state index in [4.69, 9.17) is 9.72 Å². The predicted molar refractivity (Wildman–Crippen MR) is 113 cm³/mol. The van der Waals surface area contributed by atoms with Crippen LogP contribution in [0, 0.1) is 5.92 Å². The van der Waals surface area contributed by atoms with Crippen LogP contribution in [0.25, 0.3) is 20.4 Å². The number of pyridine rings is 1. The lowest BCUT2D eigenvalue weighted by atomic mass is 9.99. The molecule has 0 spiro atoms. The van der Waals surface area contributed by atoms with Gasteiger partial charge in [0.25, 0.3) is 0 Å². The molecule has 0 aliphatic heterocycles. The minimum Gasteiger partial charge on any atom is -0.382 e. The van der Waals surface area contributed by atoms with E-state index in [9.17, 15) is 0 Å². The van der Waals surface area contributed by atoms with Crippen molar-refractivity contribution in [3.8, 4) is 0 Å². The lowest BCUT2D eigenvalue weighted by Gasteiger charge is -2.11. The summed E-state index contributed by atoms with van der Waals surface area (Å²) < 4.78 is 6.55. The standard InChI is InChI=1S/C21H28N4OS/c1-4-26-10-6-9-22-20-19-18(23-12-24-20)17-15-8-5-7-14(15)16(11-13(2)3)25-21(17)27-19/h12-13H,4-11H2,1-3H3,(H,22,23,24). The van der Waals surface area contributed by atoms with E-state index < -0.39 is 0 Å². The number of hydrogen-bond acceptors (Lipinski definition) is 6. The quantitative estimate of drug-likeness (QED) is 0.567. The first kappa shape index (κ1) is 18.6. The van der Waals surface area contributed by atoms with E-state index >= 15 is 0 Å². The molecule has 0 saturated carbocycles. The number of rotatable bonds is 8. The maximum atomic E-state index is 5.42. The molecule has 3 aromatic heterocycles. The van der Waals surface area contributed by atoms with Gasteiger partial charge in [0, 0.05) is 30.8 Å². The molecule has 0 saturated heterocycles. The van der Waals surface area contributed by atoms with Gasteiger partial charge in [-0.15, -0.1) is 11.3 Å². The van der Waals surface area contributed by atoms with Gasteiger partial charge >= 0.3 is 0 Å². The Balaban J connectivity index is 1.73. The van der Waals surface area contributed by atoms with Crippen LogP contribution < -0.4 is 5.32 Å². The Kier molecular flexibility index (Phi) is 5.55. The van der Waals surface area contributed by atoms with Gasteiger partial charge in [0.2, 0.25) is 0 Å². The van der Waals surface area contributed by atoms with Crippen LogP contribution in [0.2, 0.25) is 0 Å². The van der Waals surface area contributed by atoms with Gasteiger partial charge in [0.15, 0.2) is 0 Å². The molecule has 1 aliphatic carbocycles. The van der Waals surface area contributed by atoms with Crippen LogP contribution in [0.3, 0.4) is 0 Å². The van der Waals surface area contributed by atoms with Crippen molar-refractivity contribution in [3.63, 3.8) is 0 Å². The summed E-state index contributed by atoms with van der Waals surface area (Å²) in [4.78, 5) is 15.4. The molecule has 0 bridgehead atoms. The number of aryl methyl sites for hydroxylation is 1. The molecule has 27 heavy (non-hydrogen) atoms. The van der Waals surface area contributed by atoms with Crippen LogP contribution in [0.4, 0.5) is 5.82 Å². The summed E-state index contributed by atoms with van der Waals surface area (Å²) in [5, 5.41) is 4.75. The smallest absolute Gasteiger partial charge is 0.147 e. The maximum Gasteiger partial charge on any atom is 0.147 e. The van der Waals surface area contributed by atoms with Crippen molar-refractivity contribution in [2.45, 2.75) is 52.9 Å². The summed E-state index contributed by atoms with van der Waals surface area (Å²) in [6.07, 6.45) is 7.24. The Morgan fingerprint density at radius 2 is 2.07 bits per heavy atom. The second kappa shape index (κ2) is 8.07. The van der Waals surface area contributed by atoms with Crippen LogP contribution in [0.1, 0.15) is 50.4 Å². The van der Waals surface area contributed by atoms with Gasteiger partial charge < -0.3 is 10.1 Å². The van der Waals surface area contributed by atoms with Crippen LogP contribution in [0.15, 0.2) is 6.33 Å². The fourth-order valence-corrected chi connectivity index (χ4v) is 5.13. The minimum atomic E-state index is 0.622. The van der Waals surface area contributed by atoms with Crippen molar-refractivity contribution in [3.05, 3.63) is 23.1 Å². The molecule has 5 nitrogen and oxygen atoms in total. The summed E-state index contributed by atoms with van der Waals surface area (Å²) in [5.74, 6) is 1.55. The van der Waals surface area contributed by atoms with Crippen molar-refractivity contribution in [2.24, 2.45) is 5.92 Å². The molecule has 1 N–H and O–H groups in total. The van der Waals surface area contributed by atoms with Gasteiger partial charge in [-0.3, -0.25) is 0 Å². The zero-order valence-corrected chi connectivity index (χ0v) is 17.3. The third-order valence-corrected chi connectivity index (χ3v) is 6.20. The van der Waals surface area contributed by atoms with Crippen molar-refractivity contribution >= 4 is 37.6 Å².